The summed E-state index contributed by atoms with van der Waals surface area (Å²) in [4.78, 5) is 0. The fraction of sp³-hybridized carbons (Fsp3) is 0.545. The first-order valence-electron chi connectivity index (χ1n) is 4.38. The highest BCUT2D eigenvalue weighted by Crippen LogP contribution is 2.34. The van der Waals surface area contributed by atoms with Gasteiger partial charge in [-0.15, -0.1) is 0 Å². The third-order valence-corrected chi connectivity index (χ3v) is 2.18. The van der Waals surface area contributed by atoms with Gasteiger partial charge in [-0.1, -0.05) is 44.1 Å². The highest BCUT2D eigenvalue weighted by atomic mass is 14.3. The summed E-state index contributed by atoms with van der Waals surface area (Å²) in [5.41, 5.74) is 1.72. The lowest BCUT2D eigenvalue weighted by Crippen LogP contribution is -2.15. The molecule has 1 aliphatic carbocycles. The van der Waals surface area contributed by atoms with Crippen molar-refractivity contribution in [3.8, 4) is 0 Å². The van der Waals surface area contributed by atoms with Crippen molar-refractivity contribution in [1.82, 2.24) is 0 Å². The second-order valence-electron chi connectivity index (χ2n) is 3.67. The van der Waals surface area contributed by atoms with E-state index in [0.29, 0.717) is 5.41 Å². The van der Waals surface area contributed by atoms with E-state index in [-0.39, 0.29) is 0 Å². The van der Waals surface area contributed by atoms with Crippen LogP contribution in [-0.4, -0.2) is 0 Å². The summed E-state index contributed by atoms with van der Waals surface area (Å²) in [6, 6.07) is 0. The third-order valence-electron chi connectivity index (χ3n) is 2.18. The summed E-state index contributed by atoms with van der Waals surface area (Å²) < 4.78 is 0. The molecule has 0 fully saturated rings. The molecule has 1 radical (unpaired) electrons. The van der Waals surface area contributed by atoms with E-state index in [1.54, 1.807) is 0 Å². The molecular formula is C11H17. The van der Waals surface area contributed by atoms with E-state index in [1.807, 2.05) is 0 Å². The molecule has 0 spiro atoms. The first-order valence-corrected chi connectivity index (χ1v) is 4.38. The maximum atomic E-state index is 2.36. The fourth-order valence-electron chi connectivity index (χ4n) is 1.73. The Morgan fingerprint density at radius 3 is 2.73 bits per heavy atom. The minimum atomic E-state index is 0.327. The van der Waals surface area contributed by atoms with Crippen LogP contribution in [0.5, 0.6) is 0 Å². The quantitative estimate of drug-likeness (QED) is 0.563. The van der Waals surface area contributed by atoms with Gasteiger partial charge in [-0.2, -0.15) is 0 Å². The predicted octanol–water partition coefficient (Wildman–Crippen LogP) is 3.51. The SMILES string of the molecule is CCCC1(C)[CH]C(C)=CC=C1. The second-order valence-corrected chi connectivity index (χ2v) is 3.67. The van der Waals surface area contributed by atoms with Crippen molar-refractivity contribution >= 4 is 0 Å². The van der Waals surface area contributed by atoms with Crippen LogP contribution in [-0.2, 0) is 0 Å². The highest BCUT2D eigenvalue weighted by Gasteiger charge is 2.21. The van der Waals surface area contributed by atoms with Crippen molar-refractivity contribution in [2.24, 2.45) is 5.41 Å². The second kappa shape index (κ2) is 3.25. The number of hydrogen-bond donors (Lipinski definition) is 0. The molecule has 0 nitrogen and oxygen atoms in total. The molecule has 0 N–H and O–H groups in total. The summed E-state index contributed by atoms with van der Waals surface area (Å²) in [5, 5.41) is 0. The lowest BCUT2D eigenvalue weighted by molar-refractivity contribution is 0.457. The van der Waals surface area contributed by atoms with Gasteiger partial charge in [-0.25, -0.2) is 0 Å². The average molecular weight is 149 g/mol. The first-order chi connectivity index (χ1) is 5.16. The van der Waals surface area contributed by atoms with E-state index in [4.69, 9.17) is 0 Å². The molecule has 0 aromatic rings. The molecule has 0 saturated carbocycles. The molecule has 61 valence electrons. The summed E-state index contributed by atoms with van der Waals surface area (Å²) >= 11 is 0. The molecular weight excluding hydrogens is 132 g/mol. The largest absolute Gasteiger partial charge is 0.0780 e. The lowest BCUT2D eigenvalue weighted by atomic mass is 9.77. The molecule has 1 unspecified atom stereocenters. The zero-order valence-electron chi connectivity index (χ0n) is 7.72. The monoisotopic (exact) mass is 149 g/mol. The Morgan fingerprint density at radius 1 is 1.45 bits per heavy atom. The minimum absolute atomic E-state index is 0.327. The Labute approximate surface area is 70.0 Å². The van der Waals surface area contributed by atoms with Gasteiger partial charge in [0.2, 0.25) is 0 Å². The van der Waals surface area contributed by atoms with Gasteiger partial charge in [-0.05, 0) is 25.2 Å². The fourth-order valence-corrected chi connectivity index (χ4v) is 1.73. The van der Waals surface area contributed by atoms with Gasteiger partial charge >= 0.3 is 0 Å². The van der Waals surface area contributed by atoms with Crippen molar-refractivity contribution in [3.63, 3.8) is 0 Å². The van der Waals surface area contributed by atoms with Crippen LogP contribution < -0.4 is 0 Å². The summed E-state index contributed by atoms with van der Waals surface area (Å²) in [5.74, 6) is 0. The van der Waals surface area contributed by atoms with Gasteiger partial charge in [-0.3, -0.25) is 0 Å². The van der Waals surface area contributed by atoms with E-state index in [0.717, 1.165) is 0 Å². The van der Waals surface area contributed by atoms with Crippen LogP contribution in [0.25, 0.3) is 0 Å². The zero-order chi connectivity index (χ0) is 8.32. The number of hydrogen-bond acceptors (Lipinski definition) is 0. The lowest BCUT2D eigenvalue weighted by Gasteiger charge is -2.27. The first kappa shape index (κ1) is 8.58. The van der Waals surface area contributed by atoms with Crippen LogP contribution in [0.15, 0.2) is 23.8 Å². The number of allylic oxidation sites excluding steroid dienone is 4. The maximum absolute atomic E-state index is 2.36. The molecule has 0 bridgehead atoms. The topological polar surface area (TPSA) is 0 Å². The molecule has 0 aromatic heterocycles. The zero-order valence-corrected chi connectivity index (χ0v) is 7.72. The van der Waals surface area contributed by atoms with E-state index >= 15 is 0 Å². The molecule has 0 heterocycles. The molecule has 1 atom stereocenters. The van der Waals surface area contributed by atoms with Gasteiger partial charge in [0.05, 0.1) is 0 Å². The van der Waals surface area contributed by atoms with Gasteiger partial charge in [0.25, 0.3) is 0 Å². The van der Waals surface area contributed by atoms with Gasteiger partial charge < -0.3 is 0 Å². The Hall–Kier alpha value is -0.520. The van der Waals surface area contributed by atoms with Crippen LogP contribution in [0.4, 0.5) is 0 Å². The van der Waals surface area contributed by atoms with Crippen molar-refractivity contribution in [2.75, 3.05) is 0 Å². The molecule has 1 aliphatic rings. The third kappa shape index (κ3) is 2.21. The Bertz CT molecular complexity index is 186. The molecule has 0 aliphatic heterocycles. The normalized spacial score (nSPS) is 30.3. The van der Waals surface area contributed by atoms with E-state index in [9.17, 15) is 0 Å². The standard InChI is InChI=1S/C11H17/c1-4-7-11(3)8-5-6-10(2)9-11/h5-6,8-9H,4,7H2,1-3H3. The van der Waals surface area contributed by atoms with Gasteiger partial charge in [0.1, 0.15) is 0 Å². The number of rotatable bonds is 2. The van der Waals surface area contributed by atoms with Crippen LogP contribution in [0.3, 0.4) is 0 Å². The Morgan fingerprint density at radius 2 is 2.18 bits per heavy atom. The molecule has 1 rings (SSSR count). The minimum Gasteiger partial charge on any atom is -0.0780 e. The van der Waals surface area contributed by atoms with Crippen molar-refractivity contribution in [2.45, 2.75) is 33.6 Å². The van der Waals surface area contributed by atoms with Crippen LogP contribution in [0.1, 0.15) is 33.6 Å². The van der Waals surface area contributed by atoms with Gasteiger partial charge in [0, 0.05) is 0 Å². The highest BCUT2D eigenvalue weighted by molar-refractivity contribution is 5.30. The van der Waals surface area contributed by atoms with Gasteiger partial charge in [0.15, 0.2) is 0 Å². The molecule has 0 aromatic carbocycles. The Kier molecular flexibility index (Phi) is 2.53. The summed E-state index contributed by atoms with van der Waals surface area (Å²) in [7, 11) is 0. The Balaban J connectivity index is 2.62. The predicted molar refractivity (Wildman–Crippen MR) is 50.2 cm³/mol. The summed E-state index contributed by atoms with van der Waals surface area (Å²) in [6.45, 7) is 6.70. The van der Waals surface area contributed by atoms with E-state index in [1.165, 1.54) is 18.4 Å². The molecule has 0 amide bonds. The molecule has 0 saturated heterocycles. The van der Waals surface area contributed by atoms with Crippen molar-refractivity contribution in [3.05, 3.63) is 30.2 Å². The van der Waals surface area contributed by atoms with Crippen LogP contribution in [0, 0.1) is 11.8 Å². The van der Waals surface area contributed by atoms with E-state index in [2.05, 4.69) is 45.4 Å². The molecule has 11 heavy (non-hydrogen) atoms. The van der Waals surface area contributed by atoms with Crippen molar-refractivity contribution < 1.29 is 0 Å². The van der Waals surface area contributed by atoms with Crippen LogP contribution >= 0.6 is 0 Å². The molecule has 0 heteroatoms. The van der Waals surface area contributed by atoms with E-state index < -0.39 is 0 Å². The van der Waals surface area contributed by atoms with Crippen molar-refractivity contribution in [1.29, 1.82) is 0 Å². The smallest absolute Gasteiger partial charge is 0.00403 e. The van der Waals surface area contributed by atoms with Crippen LogP contribution in [0.2, 0.25) is 0 Å². The average Bonchev–Trinajstić information content (AvgIpc) is 1.86. The summed E-state index contributed by atoms with van der Waals surface area (Å²) in [6.07, 6.45) is 11.5. The maximum Gasteiger partial charge on any atom is -0.00403 e.